The van der Waals surface area contributed by atoms with Gasteiger partial charge in [0.05, 0.1) is 0 Å². The van der Waals surface area contributed by atoms with Crippen molar-refractivity contribution >= 4 is 24.0 Å². The number of ether oxygens (including phenoxy) is 2. The average molecular weight is 437 g/mol. The molecule has 0 fully saturated rings. The predicted octanol–water partition coefficient (Wildman–Crippen LogP) is 2.00. The van der Waals surface area contributed by atoms with Crippen LogP contribution >= 0.6 is 0 Å². The van der Waals surface area contributed by atoms with Crippen molar-refractivity contribution < 1.29 is 28.7 Å². The first kappa shape index (κ1) is 25.7. The third-order valence-corrected chi connectivity index (χ3v) is 3.67. The minimum Gasteiger partial charge on any atom is -0.444 e. The lowest BCUT2D eigenvalue weighted by Crippen LogP contribution is -2.53. The van der Waals surface area contributed by atoms with Gasteiger partial charge in [-0.05, 0) is 38.7 Å². The Kier molecular flexibility index (Phi) is 10.3. The molecule has 0 saturated heterocycles. The lowest BCUT2D eigenvalue weighted by molar-refractivity contribution is -0.124. The summed E-state index contributed by atoms with van der Waals surface area (Å²) in [5.74, 6) is -1.05. The molecule has 1 aromatic carbocycles. The van der Waals surface area contributed by atoms with Crippen molar-refractivity contribution in [1.29, 1.82) is 0 Å². The SMILES string of the molecule is CC(C)C[C@@H](NC(=O)OC(C)(C)C)C(=O)NNC(=O)OCC(=O)NCc1ccccc1. The largest absolute Gasteiger partial charge is 0.444 e. The summed E-state index contributed by atoms with van der Waals surface area (Å²) in [6, 6.07) is 8.33. The van der Waals surface area contributed by atoms with Crippen LogP contribution in [0.4, 0.5) is 9.59 Å². The Hall–Kier alpha value is -3.30. The second-order valence-corrected chi connectivity index (χ2v) is 8.28. The summed E-state index contributed by atoms with van der Waals surface area (Å²) in [4.78, 5) is 47.8. The van der Waals surface area contributed by atoms with Crippen LogP contribution < -0.4 is 21.5 Å². The van der Waals surface area contributed by atoms with Gasteiger partial charge in [-0.25, -0.2) is 15.0 Å². The topological polar surface area (TPSA) is 135 Å². The van der Waals surface area contributed by atoms with Gasteiger partial charge >= 0.3 is 12.2 Å². The van der Waals surface area contributed by atoms with Gasteiger partial charge in [0, 0.05) is 6.54 Å². The fourth-order valence-corrected chi connectivity index (χ4v) is 2.37. The Balaban J connectivity index is 2.41. The second-order valence-electron chi connectivity index (χ2n) is 8.28. The van der Waals surface area contributed by atoms with Gasteiger partial charge in [-0.3, -0.25) is 15.0 Å². The van der Waals surface area contributed by atoms with Crippen LogP contribution in [0.25, 0.3) is 0 Å². The summed E-state index contributed by atoms with van der Waals surface area (Å²) in [6.45, 7) is 8.67. The van der Waals surface area contributed by atoms with Crippen molar-refractivity contribution in [1.82, 2.24) is 21.5 Å². The third-order valence-electron chi connectivity index (χ3n) is 3.67. The summed E-state index contributed by atoms with van der Waals surface area (Å²) in [5, 5.41) is 5.09. The molecule has 0 radical (unpaired) electrons. The van der Waals surface area contributed by atoms with Crippen LogP contribution in [0.3, 0.4) is 0 Å². The maximum absolute atomic E-state index is 12.4. The first-order chi connectivity index (χ1) is 14.5. The Morgan fingerprint density at radius 2 is 1.61 bits per heavy atom. The highest BCUT2D eigenvalue weighted by Crippen LogP contribution is 2.09. The van der Waals surface area contributed by atoms with Crippen LogP contribution in [-0.2, 0) is 25.6 Å². The summed E-state index contributed by atoms with van der Waals surface area (Å²) >= 11 is 0. The Morgan fingerprint density at radius 3 is 2.19 bits per heavy atom. The minimum atomic E-state index is -1.01. The second kappa shape index (κ2) is 12.4. The summed E-state index contributed by atoms with van der Waals surface area (Å²) < 4.78 is 9.92. The molecule has 10 heteroatoms. The van der Waals surface area contributed by atoms with E-state index in [-0.39, 0.29) is 5.92 Å². The molecule has 0 heterocycles. The Morgan fingerprint density at radius 1 is 0.968 bits per heavy atom. The molecule has 4 amide bonds. The fraction of sp³-hybridized carbons (Fsp3) is 0.524. The van der Waals surface area contributed by atoms with E-state index in [0.29, 0.717) is 13.0 Å². The van der Waals surface area contributed by atoms with Crippen molar-refractivity contribution in [2.45, 2.75) is 59.2 Å². The van der Waals surface area contributed by atoms with Gasteiger partial charge in [0.15, 0.2) is 6.61 Å². The van der Waals surface area contributed by atoms with Crippen molar-refractivity contribution in [3.8, 4) is 0 Å². The van der Waals surface area contributed by atoms with E-state index in [1.54, 1.807) is 20.8 Å². The highest BCUT2D eigenvalue weighted by molar-refractivity contribution is 5.87. The molecule has 31 heavy (non-hydrogen) atoms. The standard InChI is InChI=1S/C21H32N4O6/c1-14(2)11-16(23-19(28)31-21(3,4)5)18(27)24-25-20(29)30-13-17(26)22-12-15-9-7-6-8-10-15/h6-10,14,16H,11-13H2,1-5H3,(H,22,26)(H,23,28)(H,24,27)(H,25,29)/t16-/m1/s1. The molecule has 172 valence electrons. The van der Waals surface area contributed by atoms with Crippen LogP contribution in [0.5, 0.6) is 0 Å². The quantitative estimate of drug-likeness (QED) is 0.461. The molecule has 1 rings (SSSR count). The average Bonchev–Trinajstić information content (AvgIpc) is 2.67. The molecule has 0 aromatic heterocycles. The van der Waals surface area contributed by atoms with Crippen LogP contribution in [0, 0.1) is 5.92 Å². The number of benzene rings is 1. The van der Waals surface area contributed by atoms with Gasteiger partial charge in [0.2, 0.25) is 0 Å². The third kappa shape index (κ3) is 12.1. The van der Waals surface area contributed by atoms with Crippen LogP contribution in [0.1, 0.15) is 46.6 Å². The Labute approximate surface area is 182 Å². The maximum Gasteiger partial charge on any atom is 0.426 e. The van der Waals surface area contributed by atoms with E-state index in [2.05, 4.69) is 21.5 Å². The molecule has 10 nitrogen and oxygen atoms in total. The van der Waals surface area contributed by atoms with E-state index in [1.165, 1.54) is 0 Å². The van der Waals surface area contributed by atoms with Crippen molar-refractivity contribution in [2.75, 3.05) is 6.61 Å². The number of amides is 4. The monoisotopic (exact) mass is 436 g/mol. The van der Waals surface area contributed by atoms with E-state index in [9.17, 15) is 19.2 Å². The van der Waals surface area contributed by atoms with E-state index >= 15 is 0 Å². The number of nitrogens with one attached hydrogen (secondary N) is 4. The summed E-state index contributed by atoms with van der Waals surface area (Å²) in [5.41, 5.74) is 4.41. The molecule has 0 aliphatic carbocycles. The molecule has 0 bridgehead atoms. The first-order valence-electron chi connectivity index (χ1n) is 9.99. The van der Waals surface area contributed by atoms with Gasteiger partial charge in [0.25, 0.3) is 11.8 Å². The van der Waals surface area contributed by atoms with Crippen LogP contribution in [0.2, 0.25) is 0 Å². The highest BCUT2D eigenvalue weighted by Gasteiger charge is 2.25. The zero-order valence-corrected chi connectivity index (χ0v) is 18.6. The summed E-state index contributed by atoms with van der Waals surface area (Å²) in [6.07, 6.45) is -1.43. The smallest absolute Gasteiger partial charge is 0.426 e. The highest BCUT2D eigenvalue weighted by atomic mass is 16.6. The fourth-order valence-electron chi connectivity index (χ4n) is 2.37. The molecular weight excluding hydrogens is 404 g/mol. The molecular formula is C21H32N4O6. The zero-order valence-electron chi connectivity index (χ0n) is 18.6. The van der Waals surface area contributed by atoms with Gasteiger partial charge in [-0.15, -0.1) is 0 Å². The molecule has 1 aromatic rings. The molecule has 1 atom stereocenters. The molecule has 4 N–H and O–H groups in total. The van der Waals surface area contributed by atoms with Crippen LogP contribution in [-0.4, -0.2) is 42.3 Å². The Bertz CT molecular complexity index is 746. The number of carbonyl (C=O) groups excluding carboxylic acids is 4. The van der Waals surface area contributed by atoms with Gasteiger partial charge in [-0.1, -0.05) is 44.2 Å². The molecule has 0 aliphatic rings. The molecule has 0 saturated carbocycles. The van der Waals surface area contributed by atoms with E-state index in [4.69, 9.17) is 9.47 Å². The lowest BCUT2D eigenvalue weighted by atomic mass is 10.0. The van der Waals surface area contributed by atoms with Crippen molar-refractivity contribution in [3.05, 3.63) is 35.9 Å². The van der Waals surface area contributed by atoms with Gasteiger partial charge in [-0.2, -0.15) is 0 Å². The number of carbonyl (C=O) groups is 4. The minimum absolute atomic E-state index is 0.0888. The number of alkyl carbamates (subject to hydrolysis) is 1. The van der Waals surface area contributed by atoms with Crippen molar-refractivity contribution in [3.63, 3.8) is 0 Å². The molecule has 0 aliphatic heterocycles. The molecule has 0 spiro atoms. The van der Waals surface area contributed by atoms with Crippen molar-refractivity contribution in [2.24, 2.45) is 5.92 Å². The van der Waals surface area contributed by atoms with E-state index < -0.39 is 42.3 Å². The number of hydrogen-bond donors (Lipinski definition) is 4. The normalized spacial score (nSPS) is 11.8. The maximum atomic E-state index is 12.4. The van der Waals surface area contributed by atoms with Gasteiger partial charge < -0.3 is 20.1 Å². The van der Waals surface area contributed by atoms with Crippen LogP contribution in [0.15, 0.2) is 30.3 Å². The first-order valence-corrected chi connectivity index (χ1v) is 9.99. The lowest BCUT2D eigenvalue weighted by Gasteiger charge is -2.24. The van der Waals surface area contributed by atoms with Gasteiger partial charge in [0.1, 0.15) is 11.6 Å². The number of hydrazine groups is 1. The van der Waals surface area contributed by atoms with E-state index in [0.717, 1.165) is 5.56 Å². The summed E-state index contributed by atoms with van der Waals surface area (Å²) in [7, 11) is 0. The molecule has 0 unspecified atom stereocenters. The van der Waals surface area contributed by atoms with E-state index in [1.807, 2.05) is 44.2 Å². The number of rotatable bonds is 8. The number of hydrogen-bond acceptors (Lipinski definition) is 6. The predicted molar refractivity (Wildman–Crippen MR) is 114 cm³/mol. The zero-order chi connectivity index (χ0) is 23.4.